The molecule has 292 valence electrons. The summed E-state index contributed by atoms with van der Waals surface area (Å²) in [5.41, 5.74) is 14.1. The van der Waals surface area contributed by atoms with Gasteiger partial charge in [0.25, 0.3) is 0 Å². The van der Waals surface area contributed by atoms with Gasteiger partial charge in [0.1, 0.15) is 30.2 Å². The Morgan fingerprint density at radius 3 is 2.07 bits per heavy atom. The second-order valence-electron chi connectivity index (χ2n) is 13.0. The fraction of sp³-hybridized carbons (Fsp3) is 0.444. The molecule has 18 heteroatoms. The summed E-state index contributed by atoms with van der Waals surface area (Å²) in [7, 11) is 2.14. The molecule has 0 saturated carbocycles. The van der Waals surface area contributed by atoms with Crippen molar-refractivity contribution in [3.63, 3.8) is 0 Å². The van der Waals surface area contributed by atoms with Gasteiger partial charge in [0.05, 0.1) is 12.1 Å². The Hall–Kier alpha value is -4.62. The van der Waals surface area contributed by atoms with Crippen LogP contribution in [0.25, 0.3) is 10.9 Å². The molecule has 1 aliphatic rings. The van der Waals surface area contributed by atoms with Crippen LogP contribution in [0.5, 0.6) is 0 Å². The Morgan fingerprint density at radius 2 is 1.39 bits per heavy atom. The number of carboxylic acid groups (broad SMARTS) is 1. The minimum Gasteiger partial charge on any atom is -0.480 e. The van der Waals surface area contributed by atoms with Crippen LogP contribution >= 0.6 is 21.6 Å². The summed E-state index contributed by atoms with van der Waals surface area (Å²) in [6, 6.07) is 8.63. The van der Waals surface area contributed by atoms with Crippen LogP contribution in [0.1, 0.15) is 37.3 Å². The molecule has 3 aromatic rings. The van der Waals surface area contributed by atoms with Gasteiger partial charge in [-0.25, -0.2) is 4.79 Å². The first-order valence-corrected chi connectivity index (χ1v) is 20.1. The number of nitrogens with one attached hydrogen (secondary N) is 6. The second-order valence-corrected chi connectivity index (χ2v) is 15.6. The van der Waals surface area contributed by atoms with Crippen molar-refractivity contribution in [3.8, 4) is 0 Å². The van der Waals surface area contributed by atoms with E-state index in [1.165, 1.54) is 6.92 Å². The number of aromatic nitrogens is 1. The van der Waals surface area contributed by atoms with Gasteiger partial charge in [-0.15, -0.1) is 0 Å². The van der Waals surface area contributed by atoms with Crippen molar-refractivity contribution in [2.45, 2.75) is 81.4 Å². The van der Waals surface area contributed by atoms with Crippen molar-refractivity contribution < 1.29 is 39.0 Å². The van der Waals surface area contributed by atoms with Crippen molar-refractivity contribution in [2.24, 2.45) is 11.5 Å². The maximum Gasteiger partial charge on any atom is 0.327 e. The highest BCUT2D eigenvalue weighted by atomic mass is 33.1. The Kier molecular flexibility index (Phi) is 16.2. The van der Waals surface area contributed by atoms with Crippen LogP contribution in [0.3, 0.4) is 0 Å². The van der Waals surface area contributed by atoms with Crippen LogP contribution in [0.4, 0.5) is 0 Å². The minimum absolute atomic E-state index is 0.00656. The molecular formula is C36H48N8O8S2. The maximum atomic E-state index is 14.2. The number of hydrogen-bond donors (Lipinski definition) is 10. The molecule has 1 fully saturated rings. The summed E-state index contributed by atoms with van der Waals surface area (Å²) >= 11 is 0. The molecule has 1 saturated heterocycles. The summed E-state index contributed by atoms with van der Waals surface area (Å²) < 4.78 is 0. The average molecular weight is 785 g/mol. The van der Waals surface area contributed by atoms with Gasteiger partial charge in [-0.05, 0) is 49.9 Å². The lowest BCUT2D eigenvalue weighted by Gasteiger charge is -2.28. The quantitative estimate of drug-likeness (QED) is 0.0938. The fourth-order valence-electron chi connectivity index (χ4n) is 5.78. The Labute approximate surface area is 320 Å². The van der Waals surface area contributed by atoms with E-state index in [2.05, 4.69) is 31.6 Å². The molecule has 2 heterocycles. The molecule has 0 unspecified atom stereocenters. The zero-order valence-corrected chi connectivity index (χ0v) is 31.4. The number of aliphatic hydroxyl groups is 1. The number of carbonyl (C=O) groups excluding carboxylic acids is 5. The van der Waals surface area contributed by atoms with Gasteiger partial charge in [-0.1, -0.05) is 70.1 Å². The largest absolute Gasteiger partial charge is 0.480 e. The van der Waals surface area contributed by atoms with Gasteiger partial charge < -0.3 is 53.2 Å². The molecule has 16 nitrogen and oxygen atoms in total. The van der Waals surface area contributed by atoms with E-state index in [4.69, 9.17) is 11.5 Å². The standard InChI is InChI=1S/C36H48N8O8S2/c1-20(45)30-35(50)43-29(36(51)52)19-54-53-18-24(38)31(46)41-27(15-21-9-3-2-4-10-21)33(48)42-28(16-22-17-39-25-12-6-5-11-23(22)25)34(49)40-26(32(47)44-30)13-7-8-14-37/h2-6,9-12,17,20,24,26-30,39,45H,7-8,13-16,18-19,37-38H2,1H3,(H,40,49)(H,41,46)(H,42,48)(H,43,50)(H,44,47)(H,51,52)/t20-,24+,26+,27+,28-,29+,30+/m1/s1. The number of nitrogens with two attached hydrogens (primary N) is 2. The first-order chi connectivity index (χ1) is 25.9. The van der Waals surface area contributed by atoms with Crippen LogP contribution < -0.4 is 38.1 Å². The van der Waals surface area contributed by atoms with Crippen molar-refractivity contribution in [3.05, 3.63) is 71.9 Å². The molecule has 0 radical (unpaired) electrons. The number of amides is 5. The summed E-state index contributed by atoms with van der Waals surface area (Å²) in [6.07, 6.45) is 1.34. The monoisotopic (exact) mass is 784 g/mol. The van der Waals surface area contributed by atoms with E-state index in [0.717, 1.165) is 38.1 Å². The van der Waals surface area contributed by atoms with E-state index >= 15 is 0 Å². The first-order valence-electron chi connectivity index (χ1n) is 17.6. The average Bonchev–Trinajstić information content (AvgIpc) is 3.56. The van der Waals surface area contributed by atoms with Crippen molar-refractivity contribution in [1.29, 1.82) is 0 Å². The molecule has 4 rings (SSSR count). The topological polar surface area (TPSA) is 271 Å². The zero-order chi connectivity index (χ0) is 39.2. The van der Waals surface area contributed by atoms with Crippen LogP contribution in [-0.4, -0.2) is 111 Å². The third-order valence-corrected chi connectivity index (χ3v) is 11.3. The molecule has 7 atom stereocenters. The number of carbonyl (C=O) groups is 6. The van der Waals surface area contributed by atoms with Crippen LogP contribution in [-0.2, 0) is 41.6 Å². The van der Waals surface area contributed by atoms with E-state index in [9.17, 15) is 39.0 Å². The van der Waals surface area contributed by atoms with E-state index in [0.29, 0.717) is 24.9 Å². The highest BCUT2D eigenvalue weighted by Gasteiger charge is 2.35. The van der Waals surface area contributed by atoms with E-state index in [1.807, 2.05) is 30.3 Å². The summed E-state index contributed by atoms with van der Waals surface area (Å²) in [5, 5.41) is 34.2. The van der Waals surface area contributed by atoms with E-state index < -0.39 is 77.9 Å². The lowest BCUT2D eigenvalue weighted by molar-refractivity contribution is -0.142. The zero-order valence-electron chi connectivity index (χ0n) is 29.8. The number of carboxylic acids is 1. The normalized spacial score (nSPS) is 24.7. The number of fused-ring (bicyclic) bond motifs is 1. The predicted octanol–water partition coefficient (Wildman–Crippen LogP) is -0.306. The van der Waals surface area contributed by atoms with Crippen molar-refractivity contribution >= 4 is 68.0 Å². The number of rotatable bonds is 10. The van der Waals surface area contributed by atoms with Gasteiger partial charge >= 0.3 is 5.97 Å². The Balaban J connectivity index is 1.73. The van der Waals surface area contributed by atoms with Crippen LogP contribution in [0.2, 0.25) is 0 Å². The van der Waals surface area contributed by atoms with Gasteiger partial charge in [0, 0.05) is 41.4 Å². The second kappa shape index (κ2) is 20.7. The van der Waals surface area contributed by atoms with Crippen LogP contribution in [0.15, 0.2) is 60.8 Å². The summed E-state index contributed by atoms with van der Waals surface area (Å²) in [6.45, 7) is 1.57. The SMILES string of the molecule is C[C@@H](O)[C@@H]1NC(=O)[C@H](CCCCN)NC(=O)[C@@H](Cc2c[nH]c3ccccc23)NC(=O)[C@H](Cc2ccccc2)NC(=O)[C@@H](N)CSSC[C@@H](C(=O)O)NC1=O. The lowest BCUT2D eigenvalue weighted by atomic mass is 10.0. The number of unbranched alkanes of at least 4 members (excludes halogenated alkanes) is 1. The fourth-order valence-corrected chi connectivity index (χ4v) is 8.06. The molecule has 0 bridgehead atoms. The van der Waals surface area contributed by atoms with Crippen LogP contribution in [0, 0.1) is 0 Å². The predicted molar refractivity (Wildman–Crippen MR) is 207 cm³/mol. The number of aromatic amines is 1. The highest BCUT2D eigenvalue weighted by Crippen LogP contribution is 2.23. The number of para-hydroxylation sites is 1. The summed E-state index contributed by atoms with van der Waals surface area (Å²) in [5.74, 6) is -5.29. The van der Waals surface area contributed by atoms with Gasteiger partial charge in [-0.3, -0.25) is 24.0 Å². The highest BCUT2D eigenvalue weighted by molar-refractivity contribution is 8.76. The molecule has 0 aliphatic carbocycles. The smallest absolute Gasteiger partial charge is 0.327 e. The van der Waals surface area contributed by atoms with E-state index in [-0.39, 0.29) is 30.8 Å². The third-order valence-electron chi connectivity index (χ3n) is 8.81. The Morgan fingerprint density at radius 1 is 0.778 bits per heavy atom. The van der Waals surface area contributed by atoms with Crippen molar-refractivity contribution in [1.82, 2.24) is 31.6 Å². The molecule has 54 heavy (non-hydrogen) atoms. The van der Waals surface area contributed by atoms with Gasteiger partial charge in [0.15, 0.2) is 0 Å². The number of aliphatic carboxylic acids is 1. The lowest BCUT2D eigenvalue weighted by Crippen LogP contribution is -2.61. The molecule has 0 spiro atoms. The maximum absolute atomic E-state index is 14.2. The molecule has 2 aromatic carbocycles. The van der Waals surface area contributed by atoms with Gasteiger partial charge in [0.2, 0.25) is 29.5 Å². The number of benzene rings is 2. The molecule has 1 aromatic heterocycles. The first kappa shape index (κ1) is 42.1. The van der Waals surface area contributed by atoms with Crippen molar-refractivity contribution in [2.75, 3.05) is 18.1 Å². The molecular weight excluding hydrogens is 737 g/mol. The third kappa shape index (κ3) is 12.2. The molecule has 1 aliphatic heterocycles. The minimum atomic E-state index is -1.57. The number of hydrogen-bond acceptors (Lipinski definition) is 11. The summed E-state index contributed by atoms with van der Waals surface area (Å²) in [4.78, 5) is 83.9. The van der Waals surface area contributed by atoms with Gasteiger partial charge in [-0.2, -0.15) is 0 Å². The number of H-pyrrole nitrogens is 1. The Bertz CT molecular complexity index is 1760. The molecule has 5 amide bonds. The van der Waals surface area contributed by atoms with E-state index in [1.54, 1.807) is 30.5 Å². The molecule has 12 N–H and O–H groups in total. The number of aliphatic hydroxyl groups excluding tert-OH is 1.